The van der Waals surface area contributed by atoms with E-state index in [1.165, 1.54) is 4.90 Å². The van der Waals surface area contributed by atoms with Crippen molar-refractivity contribution in [2.75, 3.05) is 98.3 Å². The number of aliphatic hydroxyl groups excluding tert-OH is 3. The molecule has 0 bridgehead atoms. The maximum absolute atomic E-state index is 11.7. The molecule has 1 aliphatic heterocycles. The predicted molar refractivity (Wildman–Crippen MR) is 127 cm³/mol. The van der Waals surface area contributed by atoms with Crippen molar-refractivity contribution in [3.8, 4) is 0 Å². The number of aliphatic hydroxyl groups is 3. The minimum absolute atomic E-state index is 0.000788. The maximum atomic E-state index is 11.7. The predicted octanol–water partition coefficient (Wildman–Crippen LogP) is -3.84. The number of nitrogens with zero attached hydrogens (tertiary/aromatic N) is 5. The van der Waals surface area contributed by atoms with Crippen LogP contribution in [0, 0.1) is 0 Å². The molecule has 0 spiro atoms. The molecular weight excluding hydrogens is 498 g/mol. The largest absolute Gasteiger partial charge is 0.480 e. The van der Waals surface area contributed by atoms with Gasteiger partial charge in [0.15, 0.2) is 0 Å². The van der Waals surface area contributed by atoms with Gasteiger partial charge in [0.05, 0.1) is 45.0 Å². The van der Waals surface area contributed by atoms with E-state index in [1.54, 1.807) is 14.7 Å². The molecule has 0 saturated carbocycles. The molecule has 0 aromatic rings. The van der Waals surface area contributed by atoms with Crippen LogP contribution >= 0.6 is 0 Å². The number of carboxylic acid groups (broad SMARTS) is 4. The minimum atomic E-state index is -1.20. The quantitative estimate of drug-likeness (QED) is 0.119. The van der Waals surface area contributed by atoms with Crippen LogP contribution in [0.1, 0.15) is 0 Å². The Labute approximate surface area is 214 Å². The molecule has 0 aromatic heterocycles. The van der Waals surface area contributed by atoms with Crippen molar-refractivity contribution in [1.29, 1.82) is 0 Å². The number of hydrogen-bond acceptors (Lipinski definition) is 11. The number of aliphatic carboxylic acids is 3. The van der Waals surface area contributed by atoms with Crippen LogP contribution in [0.4, 0.5) is 4.79 Å². The molecule has 214 valence electrons. The van der Waals surface area contributed by atoms with Gasteiger partial charge in [-0.3, -0.25) is 34.0 Å². The molecule has 1 rings (SSSR count). The topological polar surface area (TPSA) is 226 Å². The Morgan fingerprint density at radius 3 is 1.51 bits per heavy atom. The van der Waals surface area contributed by atoms with Gasteiger partial charge in [-0.05, 0) is 0 Å². The Bertz CT molecular complexity index is 740. The Morgan fingerprint density at radius 2 is 1.11 bits per heavy atom. The summed E-state index contributed by atoms with van der Waals surface area (Å²) < 4.78 is 0. The summed E-state index contributed by atoms with van der Waals surface area (Å²) in [5.41, 5.74) is 0. The van der Waals surface area contributed by atoms with Crippen LogP contribution < -0.4 is 0 Å². The van der Waals surface area contributed by atoms with Gasteiger partial charge in [0.1, 0.15) is 0 Å². The summed E-state index contributed by atoms with van der Waals surface area (Å²) in [6, 6.07) is -0.889. The van der Waals surface area contributed by atoms with Crippen LogP contribution in [-0.2, 0) is 14.4 Å². The van der Waals surface area contributed by atoms with Gasteiger partial charge in [-0.25, -0.2) is 4.79 Å². The average Bonchev–Trinajstić information content (AvgIpc) is 2.78. The Balaban J connectivity index is 3.00. The number of carboxylic acids is 3. The zero-order valence-corrected chi connectivity index (χ0v) is 20.8. The lowest BCUT2D eigenvalue weighted by Gasteiger charge is -2.34. The van der Waals surface area contributed by atoms with Crippen LogP contribution in [0.15, 0.2) is 0 Å². The molecule has 0 aliphatic carbocycles. The second-order valence-corrected chi connectivity index (χ2v) is 8.91. The molecule has 16 nitrogen and oxygen atoms in total. The number of hydrogen-bond donors (Lipinski definition) is 7. The van der Waals surface area contributed by atoms with Crippen molar-refractivity contribution in [2.45, 2.75) is 12.1 Å². The normalized spacial score (nSPS) is 18.4. The van der Waals surface area contributed by atoms with E-state index < -0.39 is 55.9 Å². The van der Waals surface area contributed by atoms with Crippen molar-refractivity contribution in [1.82, 2.24) is 24.5 Å². The van der Waals surface area contributed by atoms with E-state index in [4.69, 9.17) is 10.2 Å². The summed E-state index contributed by atoms with van der Waals surface area (Å²) >= 11 is 0. The first-order valence-corrected chi connectivity index (χ1v) is 11.9. The fraction of sp³-hybridized carbons (Fsp3) is 0.810. The van der Waals surface area contributed by atoms with Gasteiger partial charge < -0.3 is 40.6 Å². The second-order valence-electron chi connectivity index (χ2n) is 8.91. The second kappa shape index (κ2) is 17.0. The van der Waals surface area contributed by atoms with Crippen LogP contribution in [0.3, 0.4) is 0 Å². The van der Waals surface area contributed by atoms with Gasteiger partial charge in [-0.15, -0.1) is 0 Å². The highest BCUT2D eigenvalue weighted by Gasteiger charge is 2.25. The summed E-state index contributed by atoms with van der Waals surface area (Å²) in [7, 11) is 0. The summed E-state index contributed by atoms with van der Waals surface area (Å²) in [6.07, 6.45) is -2.31. The summed E-state index contributed by atoms with van der Waals surface area (Å²) in [4.78, 5) is 52.7. The first kappa shape index (κ1) is 32.4. The Hall–Kier alpha value is -2.60. The maximum Gasteiger partial charge on any atom is 0.407 e. The monoisotopic (exact) mass is 537 g/mol. The van der Waals surface area contributed by atoms with Crippen molar-refractivity contribution in [2.24, 2.45) is 0 Å². The Kier molecular flexibility index (Phi) is 14.9. The zero-order valence-electron chi connectivity index (χ0n) is 20.8. The molecule has 7 N–H and O–H groups in total. The first-order chi connectivity index (χ1) is 17.4. The smallest absolute Gasteiger partial charge is 0.407 e. The van der Waals surface area contributed by atoms with Gasteiger partial charge in [-0.2, -0.15) is 0 Å². The molecule has 1 saturated heterocycles. The third-order valence-corrected chi connectivity index (χ3v) is 6.02. The van der Waals surface area contributed by atoms with E-state index in [-0.39, 0.29) is 78.5 Å². The minimum Gasteiger partial charge on any atom is -0.480 e. The standard InChI is InChI=1S/C21H39N5O11/c27-14-16(15-28)26(13-20(34)35)10-17(29)9-22-1-2-23(11-18(30)31)3-4-24(12-19(32)33)6-8-25(7-5-22)21(36)37/h16-17,27-29H,1-15H2,(H,30,31)(H,32,33)(H,34,35)(H,36,37). The van der Waals surface area contributed by atoms with Crippen molar-refractivity contribution in [3.63, 3.8) is 0 Å². The van der Waals surface area contributed by atoms with Crippen LogP contribution in [0.2, 0.25) is 0 Å². The molecule has 1 unspecified atom stereocenters. The van der Waals surface area contributed by atoms with Crippen molar-refractivity contribution < 1.29 is 54.9 Å². The third-order valence-electron chi connectivity index (χ3n) is 6.02. The van der Waals surface area contributed by atoms with E-state index in [0.717, 1.165) is 4.90 Å². The third kappa shape index (κ3) is 13.5. The average molecular weight is 538 g/mol. The van der Waals surface area contributed by atoms with Crippen LogP contribution in [0.5, 0.6) is 0 Å². The highest BCUT2D eigenvalue weighted by Crippen LogP contribution is 2.06. The molecule has 16 heteroatoms. The van der Waals surface area contributed by atoms with Gasteiger partial charge in [-0.1, -0.05) is 0 Å². The fourth-order valence-corrected chi connectivity index (χ4v) is 4.04. The molecule has 1 aliphatic rings. The van der Waals surface area contributed by atoms with E-state index in [1.807, 2.05) is 0 Å². The van der Waals surface area contributed by atoms with E-state index in [0.29, 0.717) is 0 Å². The van der Waals surface area contributed by atoms with Crippen LogP contribution in [-0.4, -0.2) is 195 Å². The van der Waals surface area contributed by atoms with Crippen molar-refractivity contribution >= 4 is 24.0 Å². The highest BCUT2D eigenvalue weighted by molar-refractivity contribution is 5.70. The van der Waals surface area contributed by atoms with Crippen molar-refractivity contribution in [3.05, 3.63) is 0 Å². The number of rotatable bonds is 13. The molecule has 1 fully saturated rings. The van der Waals surface area contributed by atoms with Gasteiger partial charge in [0.25, 0.3) is 0 Å². The van der Waals surface area contributed by atoms with Crippen LogP contribution in [0.25, 0.3) is 0 Å². The van der Waals surface area contributed by atoms with Gasteiger partial charge in [0, 0.05) is 65.4 Å². The zero-order chi connectivity index (χ0) is 28.0. The summed E-state index contributed by atoms with van der Waals surface area (Å²) in [5, 5.41) is 66.7. The van der Waals surface area contributed by atoms with E-state index in [9.17, 15) is 44.7 Å². The van der Waals surface area contributed by atoms with Gasteiger partial charge >= 0.3 is 24.0 Å². The molecular formula is C21H39N5O11. The fourth-order valence-electron chi connectivity index (χ4n) is 4.04. The molecule has 1 amide bonds. The number of carbonyl (C=O) groups is 4. The van der Waals surface area contributed by atoms with E-state index in [2.05, 4.69) is 0 Å². The molecule has 1 atom stereocenters. The highest BCUT2D eigenvalue weighted by atomic mass is 16.4. The lowest BCUT2D eigenvalue weighted by atomic mass is 10.2. The lowest BCUT2D eigenvalue weighted by molar-refractivity contribution is -0.140. The van der Waals surface area contributed by atoms with E-state index >= 15 is 0 Å². The van der Waals surface area contributed by atoms with Gasteiger partial charge in [0.2, 0.25) is 0 Å². The number of amides is 1. The SMILES string of the molecule is O=C(O)CN1CCN(CC(=O)O)CCN(C(=O)O)CCN(CC(O)CN(CC(=O)O)C(CO)CO)CC1. The molecule has 0 aromatic carbocycles. The molecule has 37 heavy (non-hydrogen) atoms. The summed E-state index contributed by atoms with van der Waals surface area (Å²) in [5.74, 6) is -3.35. The molecule has 1 heterocycles. The number of β-amino-alcohol motifs (C(OH)–C–C–N with tert-alkyl or cyclic N) is 1. The first-order valence-electron chi connectivity index (χ1n) is 11.9. The molecule has 0 radical (unpaired) electrons. The lowest BCUT2D eigenvalue weighted by Crippen LogP contribution is -2.52. The Morgan fingerprint density at radius 1 is 0.676 bits per heavy atom. The summed E-state index contributed by atoms with van der Waals surface area (Å²) in [6.45, 7) is -1.05.